The van der Waals surface area contributed by atoms with Crippen LogP contribution in [0.2, 0.25) is 0 Å². The summed E-state index contributed by atoms with van der Waals surface area (Å²) in [5, 5.41) is 7.02. The molecule has 0 unspecified atom stereocenters. The number of nitrogens with zero attached hydrogens (tertiary/aromatic N) is 1. The lowest BCUT2D eigenvalue weighted by Crippen LogP contribution is -2.27. The number of aromatic nitrogens is 1. The Morgan fingerprint density at radius 3 is 2.79 bits per heavy atom. The number of thiazole rings is 1. The third-order valence-corrected chi connectivity index (χ3v) is 6.11. The summed E-state index contributed by atoms with van der Waals surface area (Å²) in [6.45, 7) is 0.504. The summed E-state index contributed by atoms with van der Waals surface area (Å²) in [6.07, 6.45) is 2.48. The van der Waals surface area contributed by atoms with E-state index in [0.29, 0.717) is 13.0 Å². The summed E-state index contributed by atoms with van der Waals surface area (Å²) in [7, 11) is -3.10. The highest BCUT2D eigenvalue weighted by Gasteiger charge is 2.23. The van der Waals surface area contributed by atoms with Crippen LogP contribution < -0.4 is 5.32 Å². The van der Waals surface area contributed by atoms with Crippen LogP contribution in [0.1, 0.15) is 11.4 Å². The highest BCUT2D eigenvalue weighted by atomic mass is 32.2. The second-order valence-electron chi connectivity index (χ2n) is 5.71. The minimum atomic E-state index is -3.10. The summed E-state index contributed by atoms with van der Waals surface area (Å²) >= 11 is 1.58. The first-order valence-corrected chi connectivity index (χ1v) is 10.3. The van der Waals surface area contributed by atoms with Crippen molar-refractivity contribution >= 4 is 27.1 Å². The fourth-order valence-corrected chi connectivity index (χ4v) is 4.76. The van der Waals surface area contributed by atoms with Crippen LogP contribution in [0.3, 0.4) is 0 Å². The van der Waals surface area contributed by atoms with Gasteiger partial charge < -0.3 is 5.32 Å². The molecule has 2 heterocycles. The lowest BCUT2D eigenvalue weighted by molar-refractivity contribution is -0.121. The van der Waals surface area contributed by atoms with Gasteiger partial charge in [-0.3, -0.25) is 4.79 Å². The van der Waals surface area contributed by atoms with Gasteiger partial charge in [-0.1, -0.05) is 36.4 Å². The van der Waals surface area contributed by atoms with Crippen LogP contribution in [-0.2, 0) is 21.1 Å². The monoisotopic (exact) mass is 362 g/mol. The summed E-state index contributed by atoms with van der Waals surface area (Å²) in [4.78, 5) is 16.4. The highest BCUT2D eigenvalue weighted by molar-refractivity contribution is 7.94. The van der Waals surface area contributed by atoms with Gasteiger partial charge in [0.25, 0.3) is 0 Å². The molecule has 3 rings (SSSR count). The second kappa shape index (κ2) is 7.27. The number of hydrogen-bond donors (Lipinski definition) is 1. The van der Waals surface area contributed by atoms with E-state index in [0.717, 1.165) is 16.3 Å². The molecule has 0 fully saturated rings. The lowest BCUT2D eigenvalue weighted by Gasteiger charge is -2.07. The van der Waals surface area contributed by atoms with E-state index in [4.69, 9.17) is 0 Å². The van der Waals surface area contributed by atoms with Crippen LogP contribution in [0.25, 0.3) is 11.3 Å². The van der Waals surface area contributed by atoms with Gasteiger partial charge in [0.15, 0.2) is 9.84 Å². The molecule has 24 heavy (non-hydrogen) atoms. The zero-order chi connectivity index (χ0) is 17.0. The highest BCUT2D eigenvalue weighted by Crippen LogP contribution is 2.21. The normalized spacial score (nSPS) is 18.6. The van der Waals surface area contributed by atoms with E-state index in [1.54, 1.807) is 17.4 Å². The van der Waals surface area contributed by atoms with Crippen molar-refractivity contribution in [3.63, 3.8) is 0 Å². The third-order valence-electron chi connectivity index (χ3n) is 3.73. The molecule has 1 atom stereocenters. The van der Waals surface area contributed by atoms with Crippen LogP contribution in [0.5, 0.6) is 0 Å². The van der Waals surface area contributed by atoms with Crippen LogP contribution in [0.4, 0.5) is 0 Å². The fraction of sp³-hybridized carbons (Fsp3) is 0.294. The number of rotatable bonds is 6. The third kappa shape index (κ3) is 4.52. The summed E-state index contributed by atoms with van der Waals surface area (Å²) < 4.78 is 22.6. The van der Waals surface area contributed by atoms with Crippen LogP contribution >= 0.6 is 11.3 Å². The average molecular weight is 362 g/mol. The van der Waals surface area contributed by atoms with Gasteiger partial charge >= 0.3 is 0 Å². The largest absolute Gasteiger partial charge is 0.356 e. The molecule has 1 N–H and O–H groups in total. The molecule has 7 heteroatoms. The van der Waals surface area contributed by atoms with E-state index < -0.39 is 9.84 Å². The van der Waals surface area contributed by atoms with Gasteiger partial charge in [-0.2, -0.15) is 0 Å². The van der Waals surface area contributed by atoms with Gasteiger partial charge in [-0.25, -0.2) is 13.4 Å². The first-order valence-electron chi connectivity index (χ1n) is 7.69. The van der Waals surface area contributed by atoms with Gasteiger partial charge in [0, 0.05) is 41.7 Å². The van der Waals surface area contributed by atoms with E-state index in [9.17, 15) is 13.2 Å². The second-order valence-corrected chi connectivity index (χ2v) is 8.59. The first kappa shape index (κ1) is 16.9. The molecular formula is C17H18N2O3S2. The van der Waals surface area contributed by atoms with Crippen LogP contribution in [0.15, 0.2) is 47.2 Å². The zero-order valence-corrected chi connectivity index (χ0v) is 14.6. The van der Waals surface area contributed by atoms with Gasteiger partial charge in [-0.05, 0) is 0 Å². The van der Waals surface area contributed by atoms with E-state index in [1.807, 2.05) is 35.7 Å². The smallest absolute Gasteiger partial charge is 0.220 e. The Balaban J connectivity index is 1.44. The molecule has 1 aliphatic rings. The Kier molecular flexibility index (Phi) is 5.11. The molecular weight excluding hydrogens is 344 g/mol. The predicted octanol–water partition coefficient (Wildman–Crippen LogP) is 2.42. The Hall–Kier alpha value is -1.99. The number of carbonyl (C=O) groups is 1. The molecule has 0 saturated heterocycles. The van der Waals surface area contributed by atoms with Crippen molar-refractivity contribution in [1.29, 1.82) is 0 Å². The minimum absolute atomic E-state index is 0.0351. The molecule has 0 aliphatic carbocycles. The standard InChI is InChI=1S/C17H18N2O3S2/c20-16(10-13-7-9-24(21,22)12-13)18-8-6-17-19-15(11-23-17)14-4-2-1-3-5-14/h1-5,7,9,11,13H,6,8,10,12H2,(H,18,20)/t13-/m0/s1. The number of hydrogen-bond acceptors (Lipinski definition) is 5. The molecule has 5 nitrogen and oxygen atoms in total. The molecule has 2 aromatic rings. The van der Waals surface area contributed by atoms with E-state index >= 15 is 0 Å². The molecule has 1 aromatic carbocycles. The van der Waals surface area contributed by atoms with Crippen molar-refractivity contribution in [3.8, 4) is 11.3 Å². The Morgan fingerprint density at radius 1 is 1.29 bits per heavy atom. The van der Waals surface area contributed by atoms with Crippen molar-refractivity contribution < 1.29 is 13.2 Å². The van der Waals surface area contributed by atoms with Gasteiger partial charge in [0.1, 0.15) is 0 Å². The molecule has 126 valence electrons. The topological polar surface area (TPSA) is 76.1 Å². The maximum absolute atomic E-state index is 11.9. The quantitative estimate of drug-likeness (QED) is 0.856. The Morgan fingerprint density at radius 2 is 2.08 bits per heavy atom. The van der Waals surface area contributed by atoms with Crippen molar-refractivity contribution in [2.45, 2.75) is 12.8 Å². The maximum atomic E-state index is 11.9. The van der Waals surface area contributed by atoms with Gasteiger partial charge in [0.05, 0.1) is 16.5 Å². The van der Waals surface area contributed by atoms with Crippen molar-refractivity contribution in [2.75, 3.05) is 12.3 Å². The molecule has 0 saturated carbocycles. The molecule has 0 radical (unpaired) electrons. The van der Waals surface area contributed by atoms with E-state index in [1.165, 1.54) is 5.41 Å². The molecule has 1 amide bonds. The number of amides is 1. The average Bonchev–Trinajstić information content (AvgIpc) is 3.15. The van der Waals surface area contributed by atoms with E-state index in [-0.39, 0.29) is 24.0 Å². The molecule has 0 spiro atoms. The SMILES string of the molecule is O=C(C[C@@H]1C=CS(=O)(=O)C1)NCCc1nc(-c2ccccc2)cs1. The van der Waals surface area contributed by atoms with Gasteiger partial charge in [0.2, 0.25) is 5.91 Å². The fourth-order valence-electron chi connectivity index (χ4n) is 2.55. The number of benzene rings is 1. The predicted molar refractivity (Wildman–Crippen MR) is 95.3 cm³/mol. The van der Waals surface area contributed by atoms with Crippen LogP contribution in [-0.4, -0.2) is 31.6 Å². The van der Waals surface area contributed by atoms with E-state index in [2.05, 4.69) is 10.3 Å². The van der Waals surface area contributed by atoms with Crippen molar-refractivity contribution in [2.24, 2.45) is 5.92 Å². The van der Waals surface area contributed by atoms with Crippen molar-refractivity contribution in [3.05, 3.63) is 52.2 Å². The van der Waals surface area contributed by atoms with Crippen LogP contribution in [0, 0.1) is 5.92 Å². The Labute approximate surface area is 145 Å². The number of nitrogens with one attached hydrogen (secondary N) is 1. The minimum Gasteiger partial charge on any atom is -0.356 e. The molecule has 1 aromatic heterocycles. The molecule has 0 bridgehead atoms. The summed E-state index contributed by atoms with van der Waals surface area (Å²) in [5.74, 6) is -0.297. The van der Waals surface area contributed by atoms with Gasteiger partial charge in [-0.15, -0.1) is 11.3 Å². The Bertz CT molecular complexity index is 842. The summed E-state index contributed by atoms with van der Waals surface area (Å²) in [6, 6.07) is 9.96. The molecule has 1 aliphatic heterocycles. The summed E-state index contributed by atoms with van der Waals surface area (Å²) in [5.41, 5.74) is 2.03. The zero-order valence-electron chi connectivity index (χ0n) is 13.0. The van der Waals surface area contributed by atoms with Crippen molar-refractivity contribution in [1.82, 2.24) is 10.3 Å². The number of carbonyl (C=O) groups excluding carboxylic acids is 1. The number of sulfone groups is 1. The maximum Gasteiger partial charge on any atom is 0.220 e. The lowest BCUT2D eigenvalue weighted by atomic mass is 10.1. The first-order chi connectivity index (χ1) is 11.5. The number of allylic oxidation sites excluding steroid dienone is 1.